The van der Waals surface area contributed by atoms with Gasteiger partial charge >= 0.3 is 0 Å². The molecule has 1 fully saturated rings. The molecule has 2 aromatic rings. The number of benzene rings is 2. The quantitative estimate of drug-likeness (QED) is 0.513. The highest BCUT2D eigenvalue weighted by Crippen LogP contribution is 2.29. The van der Waals surface area contributed by atoms with Crippen molar-refractivity contribution in [1.29, 1.82) is 0 Å². The Kier molecular flexibility index (Phi) is 6.46. The third kappa shape index (κ3) is 4.86. The van der Waals surface area contributed by atoms with Crippen molar-refractivity contribution in [2.45, 2.75) is 33.6 Å². The van der Waals surface area contributed by atoms with Crippen LogP contribution in [-0.4, -0.2) is 36.9 Å². The fourth-order valence-electron chi connectivity index (χ4n) is 3.63. The van der Waals surface area contributed by atoms with Crippen LogP contribution in [0.1, 0.15) is 45.5 Å². The Hall–Kier alpha value is -2.39. The summed E-state index contributed by atoms with van der Waals surface area (Å²) < 4.78 is 6.13. The maximum Gasteiger partial charge on any atom is 0.185 e. The maximum absolute atomic E-state index is 12.3. The molecule has 0 saturated carbocycles. The van der Waals surface area contributed by atoms with Crippen LogP contribution < -0.4 is 4.74 Å². The van der Waals surface area contributed by atoms with Gasteiger partial charge in [-0.1, -0.05) is 36.4 Å². The molecule has 0 aliphatic carbocycles. The van der Waals surface area contributed by atoms with E-state index in [0.29, 0.717) is 5.56 Å². The van der Waals surface area contributed by atoms with E-state index < -0.39 is 0 Å². The smallest absolute Gasteiger partial charge is 0.185 e. The Balaban J connectivity index is 1.70. The number of carbonyl (C=O) groups is 1. The van der Waals surface area contributed by atoms with E-state index in [0.717, 1.165) is 41.2 Å². The van der Waals surface area contributed by atoms with Crippen molar-refractivity contribution in [3.63, 3.8) is 0 Å². The average molecular weight is 364 g/mol. The summed E-state index contributed by atoms with van der Waals surface area (Å²) in [6, 6.07) is 11.5. The summed E-state index contributed by atoms with van der Waals surface area (Å²) in [7, 11) is 0. The summed E-state index contributed by atoms with van der Waals surface area (Å²) >= 11 is 0. The van der Waals surface area contributed by atoms with Gasteiger partial charge in [-0.15, -0.1) is 0 Å². The highest BCUT2D eigenvalue weighted by atomic mass is 16.5. The lowest BCUT2D eigenvalue weighted by molar-refractivity contribution is 0.104. The van der Waals surface area contributed by atoms with Crippen molar-refractivity contribution in [1.82, 2.24) is 4.90 Å². The van der Waals surface area contributed by atoms with Gasteiger partial charge in [-0.05, 0) is 81.1 Å². The second-order valence-corrected chi connectivity index (χ2v) is 7.32. The van der Waals surface area contributed by atoms with Crippen LogP contribution in [0.25, 0.3) is 6.08 Å². The molecule has 0 N–H and O–H groups in total. The summed E-state index contributed by atoms with van der Waals surface area (Å²) in [4.78, 5) is 14.8. The molecule has 1 aliphatic heterocycles. The number of allylic oxidation sites excluding steroid dienone is 1. The van der Waals surface area contributed by atoms with Crippen LogP contribution in [0.15, 0.2) is 42.5 Å². The standard InChI is InChI=1S/C24H29NO2/c1-18-17-22(11-12-23(26)21-9-5-4-6-10-21)19(2)20(3)24(18)27-16-15-25-13-7-8-14-25/h4-6,9-12,17H,7-8,13-16H2,1-3H3. The van der Waals surface area contributed by atoms with Crippen molar-refractivity contribution in [3.8, 4) is 5.75 Å². The molecule has 3 rings (SSSR count). The van der Waals surface area contributed by atoms with E-state index in [9.17, 15) is 4.79 Å². The van der Waals surface area contributed by atoms with Crippen LogP contribution in [0.5, 0.6) is 5.75 Å². The number of hydrogen-bond donors (Lipinski definition) is 0. The Morgan fingerprint density at radius 2 is 1.78 bits per heavy atom. The van der Waals surface area contributed by atoms with Crippen molar-refractivity contribution >= 4 is 11.9 Å². The second kappa shape index (κ2) is 9.01. The molecule has 0 spiro atoms. The van der Waals surface area contributed by atoms with Gasteiger partial charge in [0.05, 0.1) is 0 Å². The molecule has 142 valence electrons. The van der Waals surface area contributed by atoms with E-state index in [-0.39, 0.29) is 5.78 Å². The minimum atomic E-state index is 0.0243. The first-order valence-electron chi connectivity index (χ1n) is 9.79. The summed E-state index contributed by atoms with van der Waals surface area (Å²) in [5.74, 6) is 1.01. The zero-order valence-electron chi connectivity index (χ0n) is 16.6. The first-order chi connectivity index (χ1) is 13.1. The predicted molar refractivity (Wildman–Crippen MR) is 112 cm³/mol. The lowest BCUT2D eigenvalue weighted by Crippen LogP contribution is -2.25. The van der Waals surface area contributed by atoms with E-state index >= 15 is 0 Å². The molecule has 1 aliphatic rings. The Bertz CT molecular complexity index is 818. The van der Waals surface area contributed by atoms with E-state index in [1.165, 1.54) is 25.9 Å². The van der Waals surface area contributed by atoms with Gasteiger partial charge in [0.2, 0.25) is 0 Å². The van der Waals surface area contributed by atoms with Crippen molar-refractivity contribution in [3.05, 3.63) is 70.3 Å². The zero-order chi connectivity index (χ0) is 19.2. The largest absolute Gasteiger partial charge is 0.492 e. The Morgan fingerprint density at radius 3 is 2.48 bits per heavy atom. The molecule has 1 saturated heterocycles. The average Bonchev–Trinajstić information content (AvgIpc) is 3.20. The summed E-state index contributed by atoms with van der Waals surface area (Å²) in [5, 5.41) is 0. The fourth-order valence-corrected chi connectivity index (χ4v) is 3.63. The SMILES string of the molecule is Cc1cc(C=CC(=O)c2ccccc2)c(C)c(C)c1OCCN1CCCC1. The molecule has 1 heterocycles. The van der Waals surface area contributed by atoms with Crippen molar-refractivity contribution < 1.29 is 9.53 Å². The topological polar surface area (TPSA) is 29.5 Å². The van der Waals surface area contributed by atoms with Gasteiger partial charge < -0.3 is 4.74 Å². The van der Waals surface area contributed by atoms with Crippen molar-refractivity contribution in [2.24, 2.45) is 0 Å². The molecule has 3 heteroatoms. The van der Waals surface area contributed by atoms with E-state index in [2.05, 4.69) is 31.7 Å². The van der Waals surface area contributed by atoms with Crippen LogP contribution >= 0.6 is 0 Å². The van der Waals surface area contributed by atoms with Crippen LogP contribution in [-0.2, 0) is 0 Å². The third-order valence-corrected chi connectivity index (χ3v) is 5.39. The molecule has 3 nitrogen and oxygen atoms in total. The minimum absolute atomic E-state index is 0.0243. The van der Waals surface area contributed by atoms with E-state index in [1.54, 1.807) is 6.08 Å². The van der Waals surface area contributed by atoms with Gasteiger partial charge in [-0.3, -0.25) is 9.69 Å². The summed E-state index contributed by atoms with van der Waals surface area (Å²) in [5.41, 5.74) is 5.21. The maximum atomic E-state index is 12.3. The number of carbonyl (C=O) groups excluding carboxylic acids is 1. The van der Waals surface area contributed by atoms with Gasteiger partial charge in [0, 0.05) is 12.1 Å². The van der Waals surface area contributed by atoms with Crippen LogP contribution in [0.4, 0.5) is 0 Å². The molecule has 27 heavy (non-hydrogen) atoms. The number of nitrogens with zero attached hydrogens (tertiary/aromatic N) is 1. The summed E-state index contributed by atoms with van der Waals surface area (Å²) in [6.45, 7) is 10.4. The van der Waals surface area contributed by atoms with Gasteiger partial charge in [0.15, 0.2) is 5.78 Å². The fraction of sp³-hybridized carbons (Fsp3) is 0.375. The third-order valence-electron chi connectivity index (χ3n) is 5.39. The minimum Gasteiger partial charge on any atom is -0.492 e. The first kappa shape index (κ1) is 19.4. The molecule has 0 amide bonds. The highest BCUT2D eigenvalue weighted by Gasteiger charge is 2.13. The van der Waals surface area contributed by atoms with Crippen LogP contribution in [0.2, 0.25) is 0 Å². The van der Waals surface area contributed by atoms with Gasteiger partial charge in [0.25, 0.3) is 0 Å². The molecule has 0 radical (unpaired) electrons. The highest BCUT2D eigenvalue weighted by molar-refractivity contribution is 6.06. The Labute approximate surface area is 162 Å². The number of hydrogen-bond acceptors (Lipinski definition) is 3. The molecular formula is C24H29NO2. The number of likely N-dealkylation sites (tertiary alicyclic amines) is 1. The zero-order valence-corrected chi connectivity index (χ0v) is 16.6. The number of aryl methyl sites for hydroxylation is 1. The van der Waals surface area contributed by atoms with E-state index in [4.69, 9.17) is 4.74 Å². The van der Waals surface area contributed by atoms with Gasteiger partial charge in [-0.2, -0.15) is 0 Å². The lowest BCUT2D eigenvalue weighted by atomic mass is 9.97. The summed E-state index contributed by atoms with van der Waals surface area (Å²) in [6.07, 6.45) is 6.18. The molecule has 0 unspecified atom stereocenters. The van der Waals surface area contributed by atoms with Crippen LogP contribution in [0.3, 0.4) is 0 Å². The molecule has 0 aromatic heterocycles. The molecular weight excluding hydrogens is 334 g/mol. The number of ketones is 1. The monoisotopic (exact) mass is 363 g/mol. The number of rotatable bonds is 7. The van der Waals surface area contributed by atoms with Gasteiger partial charge in [0.1, 0.15) is 12.4 Å². The normalized spacial score (nSPS) is 14.8. The lowest BCUT2D eigenvalue weighted by Gasteiger charge is -2.19. The van der Waals surface area contributed by atoms with E-state index in [1.807, 2.05) is 36.4 Å². The first-order valence-corrected chi connectivity index (χ1v) is 9.79. The second-order valence-electron chi connectivity index (χ2n) is 7.32. The van der Waals surface area contributed by atoms with Crippen molar-refractivity contribution in [2.75, 3.05) is 26.2 Å². The number of ether oxygens (including phenoxy) is 1. The Morgan fingerprint density at radius 1 is 1.07 bits per heavy atom. The predicted octanol–water partition coefficient (Wildman–Crippen LogP) is 4.98. The van der Waals surface area contributed by atoms with Gasteiger partial charge in [-0.25, -0.2) is 0 Å². The molecule has 0 bridgehead atoms. The molecule has 0 atom stereocenters. The van der Waals surface area contributed by atoms with Crippen LogP contribution in [0, 0.1) is 20.8 Å². The molecule has 2 aromatic carbocycles.